The SMILES string of the molecule is CC(O)(CNC(=O)N(CC(F)(F)F)C1CC1)CC(=O)O. The summed E-state index contributed by atoms with van der Waals surface area (Å²) in [5, 5.41) is 20.4. The predicted molar refractivity (Wildman–Crippen MR) is 62.1 cm³/mol. The first kappa shape index (κ1) is 16.5. The number of amides is 2. The quantitative estimate of drug-likeness (QED) is 0.681. The number of aliphatic carboxylic acids is 1. The Morgan fingerprint density at radius 2 is 1.90 bits per heavy atom. The first-order valence-corrected chi connectivity index (χ1v) is 6.05. The number of nitrogens with zero attached hydrogens (tertiary/aromatic N) is 1. The van der Waals surface area contributed by atoms with Gasteiger partial charge in [-0.2, -0.15) is 13.2 Å². The van der Waals surface area contributed by atoms with Crippen LogP contribution in [0.1, 0.15) is 26.2 Å². The van der Waals surface area contributed by atoms with Gasteiger partial charge in [0, 0.05) is 12.6 Å². The zero-order valence-corrected chi connectivity index (χ0v) is 10.9. The lowest BCUT2D eigenvalue weighted by atomic mass is 10.0. The number of carbonyl (C=O) groups excluding carboxylic acids is 1. The maximum absolute atomic E-state index is 12.4. The molecule has 1 aliphatic rings. The molecule has 1 atom stereocenters. The Labute approximate surface area is 113 Å². The van der Waals surface area contributed by atoms with E-state index in [1.807, 2.05) is 0 Å². The number of carbonyl (C=O) groups is 2. The molecule has 2 amide bonds. The van der Waals surface area contributed by atoms with Gasteiger partial charge in [0.05, 0.1) is 12.0 Å². The summed E-state index contributed by atoms with van der Waals surface area (Å²) in [5.74, 6) is -1.27. The van der Waals surface area contributed by atoms with Crippen LogP contribution in [0.2, 0.25) is 0 Å². The molecule has 3 N–H and O–H groups in total. The summed E-state index contributed by atoms with van der Waals surface area (Å²) >= 11 is 0. The van der Waals surface area contributed by atoms with Gasteiger partial charge in [0.15, 0.2) is 0 Å². The highest BCUT2D eigenvalue weighted by molar-refractivity contribution is 5.75. The third kappa shape index (κ3) is 6.09. The van der Waals surface area contributed by atoms with E-state index in [1.54, 1.807) is 0 Å². The van der Waals surface area contributed by atoms with E-state index >= 15 is 0 Å². The van der Waals surface area contributed by atoms with Gasteiger partial charge in [-0.05, 0) is 19.8 Å². The maximum atomic E-state index is 12.4. The highest BCUT2D eigenvalue weighted by Crippen LogP contribution is 2.30. The Kier molecular flexibility index (Phi) is 4.85. The zero-order valence-electron chi connectivity index (χ0n) is 10.9. The topological polar surface area (TPSA) is 89.9 Å². The normalized spacial score (nSPS) is 18.2. The number of carboxylic acids is 1. The Morgan fingerprint density at radius 1 is 1.35 bits per heavy atom. The number of alkyl halides is 3. The fourth-order valence-corrected chi connectivity index (χ4v) is 1.70. The molecule has 0 radical (unpaired) electrons. The molecule has 0 spiro atoms. The van der Waals surface area contributed by atoms with Gasteiger partial charge < -0.3 is 20.4 Å². The van der Waals surface area contributed by atoms with Gasteiger partial charge in [-0.15, -0.1) is 0 Å². The van der Waals surface area contributed by atoms with Crippen molar-refractivity contribution in [1.82, 2.24) is 10.2 Å². The van der Waals surface area contributed by atoms with E-state index < -0.39 is 49.3 Å². The number of rotatable bonds is 6. The molecule has 9 heteroatoms. The van der Waals surface area contributed by atoms with E-state index in [1.165, 1.54) is 6.92 Å². The van der Waals surface area contributed by atoms with Crippen LogP contribution in [-0.4, -0.2) is 58.0 Å². The van der Waals surface area contributed by atoms with E-state index in [4.69, 9.17) is 5.11 Å². The van der Waals surface area contributed by atoms with Crippen LogP contribution in [0.3, 0.4) is 0 Å². The van der Waals surface area contributed by atoms with Crippen LogP contribution in [0.4, 0.5) is 18.0 Å². The minimum atomic E-state index is -4.50. The summed E-state index contributed by atoms with van der Waals surface area (Å²) in [6.07, 6.45) is -4.09. The second-order valence-corrected chi connectivity index (χ2v) is 5.20. The van der Waals surface area contributed by atoms with Crippen LogP contribution >= 0.6 is 0 Å². The van der Waals surface area contributed by atoms with Crippen molar-refractivity contribution in [1.29, 1.82) is 0 Å². The van der Waals surface area contributed by atoms with Crippen molar-refractivity contribution in [2.24, 2.45) is 0 Å². The van der Waals surface area contributed by atoms with Gasteiger partial charge in [0.2, 0.25) is 0 Å². The summed E-state index contributed by atoms with van der Waals surface area (Å²) in [4.78, 5) is 22.8. The van der Waals surface area contributed by atoms with Crippen LogP contribution < -0.4 is 5.32 Å². The molecular weight excluding hydrogens is 281 g/mol. The summed E-state index contributed by atoms with van der Waals surface area (Å²) < 4.78 is 37.1. The summed E-state index contributed by atoms with van der Waals surface area (Å²) in [5.41, 5.74) is -1.71. The minimum Gasteiger partial charge on any atom is -0.481 e. The standard InChI is InChI=1S/C11H17F3N2O4/c1-10(20,4-8(17)18)5-15-9(19)16(7-2-3-7)6-11(12,13)14/h7,20H,2-6H2,1H3,(H,15,19)(H,17,18). The van der Waals surface area contributed by atoms with Crippen LogP contribution in [-0.2, 0) is 4.79 Å². The maximum Gasteiger partial charge on any atom is 0.406 e. The molecule has 1 unspecified atom stereocenters. The third-order valence-electron chi connectivity index (χ3n) is 2.75. The Bertz CT molecular complexity index is 380. The number of carboxylic acid groups (broad SMARTS) is 1. The summed E-state index contributed by atoms with van der Waals surface area (Å²) in [7, 11) is 0. The number of nitrogens with one attached hydrogen (secondary N) is 1. The van der Waals surface area contributed by atoms with E-state index in [9.17, 15) is 27.9 Å². The molecular formula is C11H17F3N2O4. The van der Waals surface area contributed by atoms with Crippen LogP contribution in [0.15, 0.2) is 0 Å². The van der Waals surface area contributed by atoms with Gasteiger partial charge in [-0.3, -0.25) is 4.79 Å². The molecule has 0 aromatic heterocycles. The Hall–Kier alpha value is -1.51. The first-order chi connectivity index (χ1) is 9.00. The van der Waals surface area contributed by atoms with Gasteiger partial charge in [0.1, 0.15) is 6.54 Å². The number of hydrogen-bond donors (Lipinski definition) is 3. The monoisotopic (exact) mass is 298 g/mol. The molecule has 1 rings (SSSR count). The molecule has 116 valence electrons. The molecule has 0 saturated heterocycles. The molecule has 0 aromatic carbocycles. The fraction of sp³-hybridized carbons (Fsp3) is 0.818. The molecule has 6 nitrogen and oxygen atoms in total. The molecule has 0 aliphatic heterocycles. The van der Waals surface area contributed by atoms with E-state index in [2.05, 4.69) is 5.32 Å². The van der Waals surface area contributed by atoms with Crippen LogP contribution in [0.5, 0.6) is 0 Å². The van der Waals surface area contributed by atoms with E-state index in [0.29, 0.717) is 17.7 Å². The molecule has 1 fully saturated rings. The van der Waals surface area contributed by atoms with Crippen molar-refractivity contribution in [2.75, 3.05) is 13.1 Å². The average Bonchev–Trinajstić information content (AvgIpc) is 3.03. The fourth-order valence-electron chi connectivity index (χ4n) is 1.70. The summed E-state index contributed by atoms with van der Waals surface area (Å²) in [6, 6.07) is -1.39. The minimum absolute atomic E-state index is 0.431. The predicted octanol–water partition coefficient (Wildman–Crippen LogP) is 0.948. The van der Waals surface area contributed by atoms with Gasteiger partial charge >= 0.3 is 18.2 Å². The highest BCUT2D eigenvalue weighted by Gasteiger charge is 2.41. The van der Waals surface area contributed by atoms with Crippen molar-refractivity contribution in [3.63, 3.8) is 0 Å². The first-order valence-electron chi connectivity index (χ1n) is 6.05. The van der Waals surface area contributed by atoms with Crippen LogP contribution in [0.25, 0.3) is 0 Å². The van der Waals surface area contributed by atoms with Crippen LogP contribution in [0, 0.1) is 0 Å². The molecule has 0 bridgehead atoms. The lowest BCUT2D eigenvalue weighted by molar-refractivity contribution is -0.141. The van der Waals surface area contributed by atoms with Crippen molar-refractivity contribution >= 4 is 12.0 Å². The lowest BCUT2D eigenvalue weighted by Gasteiger charge is -2.27. The third-order valence-corrected chi connectivity index (χ3v) is 2.75. The van der Waals surface area contributed by atoms with E-state index in [0.717, 1.165) is 0 Å². The number of hydrogen-bond acceptors (Lipinski definition) is 3. The lowest BCUT2D eigenvalue weighted by Crippen LogP contribution is -2.50. The molecule has 1 saturated carbocycles. The number of urea groups is 1. The Balaban J connectivity index is 2.52. The van der Waals surface area contributed by atoms with Crippen molar-refractivity contribution < 1.29 is 33.0 Å². The Morgan fingerprint density at radius 3 is 2.30 bits per heavy atom. The number of aliphatic hydroxyl groups is 1. The second kappa shape index (κ2) is 5.86. The summed E-state index contributed by atoms with van der Waals surface area (Å²) in [6.45, 7) is -0.601. The van der Waals surface area contributed by atoms with Crippen molar-refractivity contribution in [3.8, 4) is 0 Å². The zero-order chi connectivity index (χ0) is 15.6. The van der Waals surface area contributed by atoms with E-state index in [-0.39, 0.29) is 0 Å². The smallest absolute Gasteiger partial charge is 0.406 e. The van der Waals surface area contributed by atoms with Gasteiger partial charge in [-0.25, -0.2) is 4.79 Å². The van der Waals surface area contributed by atoms with Crippen molar-refractivity contribution in [2.45, 2.75) is 44.0 Å². The van der Waals surface area contributed by atoms with Gasteiger partial charge in [0.25, 0.3) is 0 Å². The molecule has 0 heterocycles. The molecule has 1 aliphatic carbocycles. The van der Waals surface area contributed by atoms with Crippen molar-refractivity contribution in [3.05, 3.63) is 0 Å². The average molecular weight is 298 g/mol. The number of halogens is 3. The molecule has 0 aromatic rings. The highest BCUT2D eigenvalue weighted by atomic mass is 19.4. The molecule has 20 heavy (non-hydrogen) atoms. The van der Waals surface area contributed by atoms with Gasteiger partial charge in [-0.1, -0.05) is 0 Å². The largest absolute Gasteiger partial charge is 0.481 e. The second-order valence-electron chi connectivity index (χ2n) is 5.20.